The van der Waals surface area contributed by atoms with Crippen LogP contribution in [-0.4, -0.2) is 18.7 Å². The monoisotopic (exact) mass is 319 g/mol. The van der Waals surface area contributed by atoms with Gasteiger partial charge in [-0.1, -0.05) is 29.8 Å². The molecule has 0 atom stereocenters. The number of carbonyl (C=O) groups excluding carboxylic acids is 1. The molecule has 4 nitrogen and oxygen atoms in total. The quantitative estimate of drug-likeness (QED) is 0.656. The van der Waals surface area contributed by atoms with Crippen LogP contribution in [0.25, 0.3) is 0 Å². The summed E-state index contributed by atoms with van der Waals surface area (Å²) in [4.78, 5) is 11.6. The van der Waals surface area contributed by atoms with Gasteiger partial charge in [0.05, 0.1) is 18.4 Å². The van der Waals surface area contributed by atoms with E-state index >= 15 is 0 Å². The van der Waals surface area contributed by atoms with Crippen LogP contribution in [0, 0.1) is 12.7 Å². The molecule has 0 saturated carbocycles. The molecule has 2 aromatic rings. The van der Waals surface area contributed by atoms with E-state index in [1.807, 2.05) is 19.1 Å². The molecule has 2 rings (SSSR count). The Balaban J connectivity index is 1.85. The SMILES string of the molecule is Cc1cc(Cl)ccc1/C=N/NC(=O)CNc1ccccc1F. The van der Waals surface area contributed by atoms with Crippen molar-refractivity contribution in [2.24, 2.45) is 5.10 Å². The number of nitrogens with one attached hydrogen (secondary N) is 2. The molecule has 0 heterocycles. The minimum Gasteiger partial charge on any atom is -0.374 e. The minimum atomic E-state index is -0.407. The number of amides is 1. The Bertz CT molecular complexity index is 704. The summed E-state index contributed by atoms with van der Waals surface area (Å²) >= 11 is 5.86. The maximum absolute atomic E-state index is 13.4. The van der Waals surface area contributed by atoms with Crippen LogP contribution in [0.3, 0.4) is 0 Å². The lowest BCUT2D eigenvalue weighted by Crippen LogP contribution is -2.26. The molecular weight excluding hydrogens is 305 g/mol. The van der Waals surface area contributed by atoms with Gasteiger partial charge in [-0.2, -0.15) is 5.10 Å². The van der Waals surface area contributed by atoms with Gasteiger partial charge in [-0.25, -0.2) is 9.82 Å². The van der Waals surface area contributed by atoms with Crippen molar-refractivity contribution in [1.82, 2.24) is 5.43 Å². The van der Waals surface area contributed by atoms with Crippen molar-refractivity contribution in [3.05, 3.63) is 64.4 Å². The van der Waals surface area contributed by atoms with E-state index in [1.165, 1.54) is 12.3 Å². The number of hydrogen-bond donors (Lipinski definition) is 2. The van der Waals surface area contributed by atoms with Gasteiger partial charge < -0.3 is 5.32 Å². The lowest BCUT2D eigenvalue weighted by atomic mass is 10.1. The third-order valence-electron chi connectivity index (χ3n) is 2.94. The second kappa shape index (κ2) is 7.56. The van der Waals surface area contributed by atoms with Crippen molar-refractivity contribution >= 4 is 29.4 Å². The molecule has 6 heteroatoms. The number of hydrogen-bond acceptors (Lipinski definition) is 3. The molecule has 0 aliphatic rings. The van der Waals surface area contributed by atoms with Gasteiger partial charge in [0.25, 0.3) is 5.91 Å². The Labute approximate surface area is 133 Å². The van der Waals surface area contributed by atoms with E-state index in [9.17, 15) is 9.18 Å². The molecule has 0 aliphatic carbocycles. The van der Waals surface area contributed by atoms with Crippen LogP contribution >= 0.6 is 11.6 Å². The summed E-state index contributed by atoms with van der Waals surface area (Å²) in [5.74, 6) is -0.776. The zero-order valence-electron chi connectivity index (χ0n) is 11.9. The number of benzene rings is 2. The largest absolute Gasteiger partial charge is 0.374 e. The highest BCUT2D eigenvalue weighted by Crippen LogP contribution is 2.13. The summed E-state index contributed by atoms with van der Waals surface area (Å²) < 4.78 is 13.4. The van der Waals surface area contributed by atoms with Crippen LogP contribution in [0.15, 0.2) is 47.6 Å². The van der Waals surface area contributed by atoms with Gasteiger partial charge in [0.1, 0.15) is 5.82 Å². The Morgan fingerprint density at radius 1 is 1.32 bits per heavy atom. The van der Waals surface area contributed by atoms with E-state index < -0.39 is 5.82 Å². The maximum atomic E-state index is 13.4. The number of para-hydroxylation sites is 1. The van der Waals surface area contributed by atoms with E-state index in [1.54, 1.807) is 24.3 Å². The summed E-state index contributed by atoms with van der Waals surface area (Å²) in [7, 11) is 0. The molecule has 22 heavy (non-hydrogen) atoms. The second-order valence-electron chi connectivity index (χ2n) is 4.63. The lowest BCUT2D eigenvalue weighted by Gasteiger charge is -2.06. The summed E-state index contributed by atoms with van der Waals surface area (Å²) in [5.41, 5.74) is 4.46. The van der Waals surface area contributed by atoms with Gasteiger partial charge in [0.15, 0.2) is 0 Å². The summed E-state index contributed by atoms with van der Waals surface area (Å²) in [6.45, 7) is 1.83. The van der Waals surface area contributed by atoms with Crippen molar-refractivity contribution in [2.45, 2.75) is 6.92 Å². The first-order valence-corrected chi connectivity index (χ1v) is 7.00. The van der Waals surface area contributed by atoms with Crippen molar-refractivity contribution in [3.8, 4) is 0 Å². The summed E-state index contributed by atoms with van der Waals surface area (Å²) in [6.07, 6.45) is 1.53. The topological polar surface area (TPSA) is 53.5 Å². The van der Waals surface area contributed by atoms with E-state index in [0.29, 0.717) is 5.02 Å². The standard InChI is InChI=1S/C16H15ClFN3O/c1-11-8-13(17)7-6-12(11)9-20-21-16(22)10-19-15-5-3-2-4-14(15)18/h2-9,19H,10H2,1H3,(H,21,22)/b20-9+. The maximum Gasteiger partial charge on any atom is 0.259 e. The van der Waals surface area contributed by atoms with E-state index in [2.05, 4.69) is 15.8 Å². The van der Waals surface area contributed by atoms with Gasteiger partial charge in [0.2, 0.25) is 0 Å². The molecule has 0 radical (unpaired) electrons. The fourth-order valence-corrected chi connectivity index (χ4v) is 2.00. The van der Waals surface area contributed by atoms with Gasteiger partial charge in [-0.05, 0) is 42.3 Å². The fraction of sp³-hybridized carbons (Fsp3) is 0.125. The third kappa shape index (κ3) is 4.56. The van der Waals surface area contributed by atoms with Crippen molar-refractivity contribution in [1.29, 1.82) is 0 Å². The number of rotatable bonds is 5. The number of hydrazone groups is 1. The number of nitrogens with zero attached hydrogens (tertiary/aromatic N) is 1. The minimum absolute atomic E-state index is 0.0716. The fourth-order valence-electron chi connectivity index (χ4n) is 1.78. The van der Waals surface area contributed by atoms with Crippen molar-refractivity contribution < 1.29 is 9.18 Å². The molecule has 2 aromatic carbocycles. The van der Waals surface area contributed by atoms with E-state index in [0.717, 1.165) is 11.1 Å². The van der Waals surface area contributed by atoms with Gasteiger partial charge >= 0.3 is 0 Å². The molecule has 1 amide bonds. The number of carbonyl (C=O) groups is 1. The zero-order chi connectivity index (χ0) is 15.9. The molecule has 2 N–H and O–H groups in total. The molecule has 0 bridgehead atoms. The Morgan fingerprint density at radius 2 is 2.09 bits per heavy atom. The smallest absolute Gasteiger partial charge is 0.259 e. The third-order valence-corrected chi connectivity index (χ3v) is 3.17. The Hall–Kier alpha value is -2.40. The first-order valence-electron chi connectivity index (χ1n) is 6.63. The Morgan fingerprint density at radius 3 is 2.82 bits per heavy atom. The molecule has 114 valence electrons. The van der Waals surface area contributed by atoms with Crippen molar-refractivity contribution in [3.63, 3.8) is 0 Å². The predicted octanol–water partition coefficient (Wildman–Crippen LogP) is 3.35. The molecule has 0 aromatic heterocycles. The molecular formula is C16H15ClFN3O. The molecule has 0 saturated heterocycles. The molecule has 0 unspecified atom stereocenters. The average Bonchev–Trinajstić information content (AvgIpc) is 2.49. The summed E-state index contributed by atoms with van der Waals surface area (Å²) in [5, 5.41) is 7.21. The van der Waals surface area contributed by atoms with Crippen LogP contribution in [0.1, 0.15) is 11.1 Å². The van der Waals surface area contributed by atoms with E-state index in [-0.39, 0.29) is 18.1 Å². The molecule has 0 spiro atoms. The lowest BCUT2D eigenvalue weighted by molar-refractivity contribution is -0.119. The normalized spacial score (nSPS) is 10.7. The second-order valence-corrected chi connectivity index (χ2v) is 5.06. The first-order chi connectivity index (χ1) is 10.6. The number of aryl methyl sites for hydroxylation is 1. The number of anilines is 1. The van der Waals surface area contributed by atoms with Crippen LogP contribution in [0.2, 0.25) is 5.02 Å². The van der Waals surface area contributed by atoms with Crippen molar-refractivity contribution in [2.75, 3.05) is 11.9 Å². The predicted molar refractivity (Wildman–Crippen MR) is 86.8 cm³/mol. The van der Waals surface area contributed by atoms with Gasteiger partial charge in [0, 0.05) is 5.02 Å². The first kappa shape index (κ1) is 16.0. The number of halogens is 2. The van der Waals surface area contributed by atoms with Crippen LogP contribution in [0.4, 0.5) is 10.1 Å². The van der Waals surface area contributed by atoms with E-state index in [4.69, 9.17) is 11.6 Å². The van der Waals surface area contributed by atoms with Crippen LogP contribution < -0.4 is 10.7 Å². The Kier molecular flexibility index (Phi) is 5.49. The average molecular weight is 320 g/mol. The summed E-state index contributed by atoms with van der Waals surface area (Å²) in [6, 6.07) is 11.5. The molecule has 0 aliphatic heterocycles. The zero-order valence-corrected chi connectivity index (χ0v) is 12.7. The van der Waals surface area contributed by atoms with Crippen LogP contribution in [-0.2, 0) is 4.79 Å². The highest BCUT2D eigenvalue weighted by Gasteiger charge is 2.03. The molecule has 0 fully saturated rings. The van der Waals surface area contributed by atoms with Gasteiger partial charge in [-0.3, -0.25) is 4.79 Å². The van der Waals surface area contributed by atoms with Crippen LogP contribution in [0.5, 0.6) is 0 Å². The highest BCUT2D eigenvalue weighted by molar-refractivity contribution is 6.30. The van der Waals surface area contributed by atoms with Gasteiger partial charge in [-0.15, -0.1) is 0 Å². The highest BCUT2D eigenvalue weighted by atomic mass is 35.5.